The highest BCUT2D eigenvalue weighted by atomic mass is 16.2. The largest absolute Gasteiger partial charge is 0.399 e. The van der Waals surface area contributed by atoms with E-state index in [9.17, 15) is 9.59 Å². The Morgan fingerprint density at radius 1 is 1.31 bits per heavy atom. The second kappa shape index (κ2) is 3.84. The summed E-state index contributed by atoms with van der Waals surface area (Å²) >= 11 is 0. The number of rotatable bonds is 1. The van der Waals surface area contributed by atoms with E-state index >= 15 is 0 Å². The van der Waals surface area contributed by atoms with Crippen LogP contribution in [0.1, 0.15) is 6.92 Å². The fourth-order valence-electron chi connectivity index (χ4n) is 1.60. The summed E-state index contributed by atoms with van der Waals surface area (Å²) in [5, 5.41) is 2.66. The zero-order chi connectivity index (χ0) is 11.7. The molecule has 3 amide bonds. The second-order valence-electron chi connectivity index (χ2n) is 3.85. The lowest BCUT2D eigenvalue weighted by Gasteiger charge is -2.29. The fraction of sp³-hybridized carbons (Fsp3) is 0.273. The van der Waals surface area contributed by atoms with Crippen molar-refractivity contribution in [1.82, 2.24) is 5.32 Å². The van der Waals surface area contributed by atoms with E-state index in [4.69, 9.17) is 5.73 Å². The van der Waals surface area contributed by atoms with Gasteiger partial charge in [0.25, 0.3) is 0 Å². The molecular weight excluding hydrogens is 206 g/mol. The first-order chi connectivity index (χ1) is 7.59. The van der Waals surface area contributed by atoms with E-state index in [1.807, 2.05) is 0 Å². The van der Waals surface area contributed by atoms with Gasteiger partial charge >= 0.3 is 6.03 Å². The van der Waals surface area contributed by atoms with Gasteiger partial charge in [-0.3, -0.25) is 4.79 Å². The molecule has 5 heteroatoms. The molecule has 1 fully saturated rings. The van der Waals surface area contributed by atoms with Gasteiger partial charge in [0.1, 0.15) is 0 Å². The van der Waals surface area contributed by atoms with Gasteiger partial charge in [-0.2, -0.15) is 0 Å². The summed E-state index contributed by atoms with van der Waals surface area (Å²) in [6, 6.07) is 6.26. The number of amides is 3. The minimum Gasteiger partial charge on any atom is -0.399 e. The molecule has 1 unspecified atom stereocenters. The number of urea groups is 1. The minimum atomic E-state index is -0.382. The number of hydrogen-bond acceptors (Lipinski definition) is 3. The standard InChI is InChI=1S/C11H13N3O2/c1-7-6-13-11(16)14(10(7)15)9-4-2-8(12)3-5-9/h2-5,7H,6,12H2,1H3,(H,13,16). The molecule has 0 aromatic heterocycles. The zero-order valence-electron chi connectivity index (χ0n) is 8.93. The second-order valence-corrected chi connectivity index (χ2v) is 3.85. The molecule has 0 aliphatic carbocycles. The first kappa shape index (κ1) is 10.5. The van der Waals surface area contributed by atoms with E-state index < -0.39 is 0 Å². The van der Waals surface area contributed by atoms with E-state index in [1.54, 1.807) is 31.2 Å². The van der Waals surface area contributed by atoms with Crippen molar-refractivity contribution in [3.63, 3.8) is 0 Å². The Balaban J connectivity index is 2.34. The van der Waals surface area contributed by atoms with Crippen molar-refractivity contribution >= 4 is 23.3 Å². The Morgan fingerprint density at radius 3 is 2.56 bits per heavy atom. The van der Waals surface area contributed by atoms with Crippen molar-refractivity contribution in [1.29, 1.82) is 0 Å². The molecule has 84 valence electrons. The van der Waals surface area contributed by atoms with Gasteiger partial charge in [-0.15, -0.1) is 0 Å². The summed E-state index contributed by atoms with van der Waals surface area (Å²) in [5.74, 6) is -0.385. The normalized spacial score (nSPS) is 20.8. The van der Waals surface area contributed by atoms with Crippen molar-refractivity contribution in [2.75, 3.05) is 17.2 Å². The van der Waals surface area contributed by atoms with Crippen molar-refractivity contribution in [3.05, 3.63) is 24.3 Å². The zero-order valence-corrected chi connectivity index (χ0v) is 8.93. The van der Waals surface area contributed by atoms with E-state index in [0.717, 1.165) is 4.90 Å². The fourth-order valence-corrected chi connectivity index (χ4v) is 1.60. The summed E-state index contributed by atoms with van der Waals surface area (Å²) in [7, 11) is 0. The van der Waals surface area contributed by atoms with Gasteiger partial charge in [-0.1, -0.05) is 6.92 Å². The minimum absolute atomic E-state index is 0.187. The molecule has 2 rings (SSSR count). The molecule has 0 spiro atoms. The van der Waals surface area contributed by atoms with Crippen LogP contribution in [0.25, 0.3) is 0 Å². The molecule has 0 radical (unpaired) electrons. The molecule has 5 nitrogen and oxygen atoms in total. The molecule has 16 heavy (non-hydrogen) atoms. The molecule has 3 N–H and O–H groups in total. The number of anilines is 2. The number of nitrogen functional groups attached to an aromatic ring is 1. The number of nitrogens with two attached hydrogens (primary N) is 1. The number of imide groups is 1. The Kier molecular flexibility index (Phi) is 2.52. The molecule has 1 atom stereocenters. The van der Waals surface area contributed by atoms with Crippen LogP contribution in [0.3, 0.4) is 0 Å². The molecule has 1 aromatic rings. The van der Waals surface area contributed by atoms with Gasteiger partial charge in [0, 0.05) is 12.2 Å². The number of benzene rings is 1. The molecular formula is C11H13N3O2. The van der Waals surface area contributed by atoms with E-state index in [-0.39, 0.29) is 17.9 Å². The van der Waals surface area contributed by atoms with Crippen LogP contribution < -0.4 is 16.0 Å². The van der Waals surface area contributed by atoms with Gasteiger partial charge in [-0.05, 0) is 24.3 Å². The maximum absolute atomic E-state index is 11.9. The Hall–Kier alpha value is -2.04. The summed E-state index contributed by atoms with van der Waals surface area (Å²) in [6.45, 7) is 2.18. The number of nitrogens with one attached hydrogen (secondary N) is 1. The van der Waals surface area contributed by atoms with Gasteiger partial charge in [0.15, 0.2) is 0 Å². The molecule has 1 aliphatic rings. The van der Waals surface area contributed by atoms with Crippen molar-refractivity contribution in [3.8, 4) is 0 Å². The van der Waals surface area contributed by atoms with Crippen LogP contribution in [0.5, 0.6) is 0 Å². The van der Waals surface area contributed by atoms with Gasteiger partial charge in [-0.25, -0.2) is 9.69 Å². The van der Waals surface area contributed by atoms with Gasteiger partial charge in [0.2, 0.25) is 5.91 Å². The third-order valence-electron chi connectivity index (χ3n) is 2.56. The monoisotopic (exact) mass is 219 g/mol. The Labute approximate surface area is 93.2 Å². The SMILES string of the molecule is CC1CNC(=O)N(c2ccc(N)cc2)C1=O. The molecule has 1 saturated heterocycles. The highest BCUT2D eigenvalue weighted by Gasteiger charge is 2.32. The van der Waals surface area contributed by atoms with Crippen LogP contribution in [0.4, 0.5) is 16.2 Å². The first-order valence-electron chi connectivity index (χ1n) is 5.07. The predicted octanol–water partition coefficient (Wildman–Crippen LogP) is 0.961. The van der Waals surface area contributed by atoms with Gasteiger partial charge < -0.3 is 11.1 Å². The van der Waals surface area contributed by atoms with Crippen LogP contribution in [-0.2, 0) is 4.79 Å². The first-order valence-corrected chi connectivity index (χ1v) is 5.07. The van der Waals surface area contributed by atoms with Crippen LogP contribution in [0, 0.1) is 5.92 Å². The van der Waals surface area contributed by atoms with E-state index in [0.29, 0.717) is 17.9 Å². The number of carbonyl (C=O) groups excluding carboxylic acids is 2. The Morgan fingerprint density at radius 2 is 1.94 bits per heavy atom. The van der Waals surface area contributed by atoms with Gasteiger partial charge in [0.05, 0.1) is 11.6 Å². The van der Waals surface area contributed by atoms with Crippen LogP contribution >= 0.6 is 0 Å². The topological polar surface area (TPSA) is 75.4 Å². The number of hydrogen-bond donors (Lipinski definition) is 2. The molecule has 0 saturated carbocycles. The quantitative estimate of drug-likeness (QED) is 0.691. The maximum Gasteiger partial charge on any atom is 0.328 e. The average Bonchev–Trinajstić information content (AvgIpc) is 2.27. The maximum atomic E-state index is 11.9. The lowest BCUT2D eigenvalue weighted by Crippen LogP contribution is -2.54. The smallest absolute Gasteiger partial charge is 0.328 e. The van der Waals surface area contributed by atoms with E-state index in [2.05, 4.69) is 5.32 Å². The summed E-state index contributed by atoms with van der Waals surface area (Å²) in [6.07, 6.45) is 0. The molecule has 1 aliphatic heterocycles. The molecule has 0 bridgehead atoms. The average molecular weight is 219 g/mol. The summed E-state index contributed by atoms with van der Waals surface area (Å²) in [4.78, 5) is 24.6. The molecule has 1 heterocycles. The Bertz CT molecular complexity index is 427. The lowest BCUT2D eigenvalue weighted by molar-refractivity contribution is -0.121. The highest BCUT2D eigenvalue weighted by molar-refractivity contribution is 6.16. The number of carbonyl (C=O) groups is 2. The predicted molar refractivity (Wildman–Crippen MR) is 60.9 cm³/mol. The third kappa shape index (κ3) is 1.71. The van der Waals surface area contributed by atoms with Crippen LogP contribution in [0.15, 0.2) is 24.3 Å². The lowest BCUT2D eigenvalue weighted by atomic mass is 10.1. The van der Waals surface area contributed by atoms with Crippen molar-refractivity contribution in [2.24, 2.45) is 5.92 Å². The number of nitrogens with zero attached hydrogens (tertiary/aromatic N) is 1. The van der Waals surface area contributed by atoms with Crippen molar-refractivity contribution < 1.29 is 9.59 Å². The van der Waals surface area contributed by atoms with Crippen LogP contribution in [-0.4, -0.2) is 18.5 Å². The van der Waals surface area contributed by atoms with E-state index in [1.165, 1.54) is 0 Å². The summed E-state index contributed by atoms with van der Waals surface area (Å²) in [5.41, 5.74) is 6.69. The molecule has 1 aromatic carbocycles. The van der Waals surface area contributed by atoms with Crippen LogP contribution in [0.2, 0.25) is 0 Å². The highest BCUT2D eigenvalue weighted by Crippen LogP contribution is 2.20. The van der Waals surface area contributed by atoms with Crippen molar-refractivity contribution in [2.45, 2.75) is 6.92 Å². The third-order valence-corrected chi connectivity index (χ3v) is 2.56. The summed E-state index contributed by atoms with van der Waals surface area (Å²) < 4.78 is 0.